The Bertz CT molecular complexity index is 307. The zero-order valence-corrected chi connectivity index (χ0v) is 7.03. The molecule has 3 nitrogen and oxygen atoms in total. The topological polar surface area (TPSA) is 43.8 Å². The first kappa shape index (κ1) is 6.66. The van der Waals surface area contributed by atoms with Crippen molar-refractivity contribution in [2.45, 2.75) is 37.3 Å². The Hall–Kier alpha value is -0.830. The van der Waals surface area contributed by atoms with Gasteiger partial charge < -0.3 is 5.73 Å². The molecule has 3 heteroatoms. The van der Waals surface area contributed by atoms with Gasteiger partial charge in [0.25, 0.3) is 0 Å². The lowest BCUT2D eigenvalue weighted by Crippen LogP contribution is -2.17. The van der Waals surface area contributed by atoms with Gasteiger partial charge in [0.05, 0.1) is 12.2 Å². The van der Waals surface area contributed by atoms with E-state index in [1.54, 1.807) is 0 Å². The van der Waals surface area contributed by atoms with Crippen molar-refractivity contribution in [2.75, 3.05) is 0 Å². The Morgan fingerprint density at radius 1 is 1.50 bits per heavy atom. The molecule has 2 saturated carbocycles. The molecular formula is C9H13N3. The molecule has 1 aromatic rings. The van der Waals surface area contributed by atoms with Gasteiger partial charge in [0, 0.05) is 17.3 Å². The zero-order chi connectivity index (χ0) is 8.18. The van der Waals surface area contributed by atoms with Crippen molar-refractivity contribution in [3.63, 3.8) is 0 Å². The fraction of sp³-hybridized carbons (Fsp3) is 0.667. The summed E-state index contributed by atoms with van der Waals surface area (Å²) in [6.45, 7) is 0. The van der Waals surface area contributed by atoms with E-state index in [0.29, 0.717) is 6.04 Å². The van der Waals surface area contributed by atoms with Crippen LogP contribution in [-0.2, 0) is 5.54 Å². The molecule has 1 heterocycles. The molecule has 0 aliphatic heterocycles. The first-order chi connectivity index (χ1) is 5.78. The Morgan fingerprint density at radius 3 is 2.83 bits per heavy atom. The van der Waals surface area contributed by atoms with Gasteiger partial charge in [-0.15, -0.1) is 0 Å². The summed E-state index contributed by atoms with van der Waals surface area (Å²) in [7, 11) is 0. The van der Waals surface area contributed by atoms with Crippen LogP contribution in [0.2, 0.25) is 0 Å². The van der Waals surface area contributed by atoms with Gasteiger partial charge >= 0.3 is 0 Å². The summed E-state index contributed by atoms with van der Waals surface area (Å²) >= 11 is 0. The van der Waals surface area contributed by atoms with Crippen molar-refractivity contribution in [2.24, 2.45) is 5.73 Å². The van der Waals surface area contributed by atoms with Crippen LogP contribution in [-0.4, -0.2) is 9.78 Å². The number of rotatable bonds is 2. The number of aromatic nitrogens is 2. The van der Waals surface area contributed by atoms with E-state index in [1.165, 1.54) is 18.4 Å². The summed E-state index contributed by atoms with van der Waals surface area (Å²) in [5.41, 5.74) is 7.27. The third-order valence-corrected chi connectivity index (χ3v) is 2.89. The highest BCUT2D eigenvalue weighted by molar-refractivity contribution is 5.24. The second-order valence-corrected chi connectivity index (χ2v) is 4.10. The molecule has 2 aliphatic carbocycles. The Labute approximate surface area is 71.6 Å². The highest BCUT2D eigenvalue weighted by Crippen LogP contribution is 2.43. The SMILES string of the molecule is NC1(c2cnn(C3CC3)c2)CC1. The number of nitrogens with zero attached hydrogens (tertiary/aromatic N) is 2. The van der Waals surface area contributed by atoms with E-state index >= 15 is 0 Å². The number of nitrogens with two attached hydrogens (primary N) is 1. The maximum absolute atomic E-state index is 6.05. The predicted octanol–water partition coefficient (Wildman–Crippen LogP) is 1.17. The molecule has 0 aromatic carbocycles. The number of hydrogen-bond donors (Lipinski definition) is 1. The van der Waals surface area contributed by atoms with E-state index in [1.807, 2.05) is 6.20 Å². The quantitative estimate of drug-likeness (QED) is 0.711. The average molecular weight is 163 g/mol. The van der Waals surface area contributed by atoms with Crippen molar-refractivity contribution >= 4 is 0 Å². The van der Waals surface area contributed by atoms with E-state index in [4.69, 9.17) is 5.73 Å². The van der Waals surface area contributed by atoms with E-state index in [0.717, 1.165) is 12.8 Å². The van der Waals surface area contributed by atoms with Crippen LogP contribution in [0.5, 0.6) is 0 Å². The van der Waals surface area contributed by atoms with Crippen LogP contribution >= 0.6 is 0 Å². The molecule has 2 N–H and O–H groups in total. The Morgan fingerprint density at radius 2 is 2.25 bits per heavy atom. The molecule has 0 radical (unpaired) electrons. The van der Waals surface area contributed by atoms with Crippen molar-refractivity contribution in [1.82, 2.24) is 9.78 Å². The fourth-order valence-corrected chi connectivity index (χ4v) is 1.56. The first-order valence-electron chi connectivity index (χ1n) is 4.61. The molecule has 1 aromatic heterocycles. The first-order valence-corrected chi connectivity index (χ1v) is 4.61. The van der Waals surface area contributed by atoms with Gasteiger partial charge in [-0.1, -0.05) is 0 Å². The molecule has 0 atom stereocenters. The summed E-state index contributed by atoms with van der Waals surface area (Å²) in [6, 6.07) is 0.682. The third-order valence-electron chi connectivity index (χ3n) is 2.89. The van der Waals surface area contributed by atoms with Crippen LogP contribution in [0.1, 0.15) is 37.3 Å². The van der Waals surface area contributed by atoms with Crippen LogP contribution in [0, 0.1) is 0 Å². The summed E-state index contributed by atoms with van der Waals surface area (Å²) in [6.07, 6.45) is 8.90. The van der Waals surface area contributed by atoms with Gasteiger partial charge in [-0.3, -0.25) is 4.68 Å². The highest BCUT2D eigenvalue weighted by Gasteiger charge is 2.41. The summed E-state index contributed by atoms with van der Waals surface area (Å²) < 4.78 is 2.07. The van der Waals surface area contributed by atoms with Crippen LogP contribution < -0.4 is 5.73 Å². The number of hydrogen-bond acceptors (Lipinski definition) is 2. The largest absolute Gasteiger partial charge is 0.321 e. The lowest BCUT2D eigenvalue weighted by molar-refractivity contribution is 0.638. The lowest BCUT2D eigenvalue weighted by Gasteiger charge is -2.02. The summed E-state index contributed by atoms with van der Waals surface area (Å²) in [4.78, 5) is 0. The van der Waals surface area contributed by atoms with Crippen molar-refractivity contribution in [1.29, 1.82) is 0 Å². The monoisotopic (exact) mass is 163 g/mol. The van der Waals surface area contributed by atoms with E-state index in [-0.39, 0.29) is 5.54 Å². The van der Waals surface area contributed by atoms with E-state index in [9.17, 15) is 0 Å². The standard InChI is InChI=1S/C9H13N3/c10-9(3-4-9)7-5-11-12(6-7)8-1-2-8/h5-6,8H,1-4,10H2. The van der Waals surface area contributed by atoms with Crippen LogP contribution in [0.3, 0.4) is 0 Å². The Kier molecular flexibility index (Phi) is 1.06. The van der Waals surface area contributed by atoms with E-state index in [2.05, 4.69) is 16.0 Å². The van der Waals surface area contributed by atoms with Crippen molar-refractivity contribution in [3.8, 4) is 0 Å². The summed E-state index contributed by atoms with van der Waals surface area (Å²) in [5, 5.41) is 4.32. The molecule has 0 unspecified atom stereocenters. The van der Waals surface area contributed by atoms with Crippen LogP contribution in [0.4, 0.5) is 0 Å². The van der Waals surface area contributed by atoms with E-state index < -0.39 is 0 Å². The van der Waals surface area contributed by atoms with Crippen molar-refractivity contribution in [3.05, 3.63) is 18.0 Å². The molecule has 2 fully saturated rings. The minimum Gasteiger partial charge on any atom is -0.321 e. The second kappa shape index (κ2) is 1.91. The third kappa shape index (κ3) is 0.894. The second-order valence-electron chi connectivity index (χ2n) is 4.10. The minimum atomic E-state index is -0.00681. The molecule has 3 rings (SSSR count). The molecule has 64 valence electrons. The zero-order valence-electron chi connectivity index (χ0n) is 7.03. The van der Waals surface area contributed by atoms with Gasteiger partial charge in [-0.05, 0) is 25.7 Å². The maximum atomic E-state index is 6.05. The van der Waals surface area contributed by atoms with Crippen LogP contribution in [0.15, 0.2) is 12.4 Å². The molecular weight excluding hydrogens is 150 g/mol. The molecule has 0 saturated heterocycles. The van der Waals surface area contributed by atoms with Gasteiger partial charge in [0.2, 0.25) is 0 Å². The highest BCUT2D eigenvalue weighted by atomic mass is 15.3. The van der Waals surface area contributed by atoms with Gasteiger partial charge in [0.1, 0.15) is 0 Å². The predicted molar refractivity (Wildman–Crippen MR) is 45.6 cm³/mol. The van der Waals surface area contributed by atoms with Gasteiger partial charge in [-0.25, -0.2) is 0 Å². The van der Waals surface area contributed by atoms with Crippen molar-refractivity contribution < 1.29 is 0 Å². The summed E-state index contributed by atoms with van der Waals surface area (Å²) in [5.74, 6) is 0. The molecule has 2 aliphatic rings. The van der Waals surface area contributed by atoms with Crippen LogP contribution in [0.25, 0.3) is 0 Å². The molecule has 0 spiro atoms. The lowest BCUT2D eigenvalue weighted by atomic mass is 10.1. The molecule has 0 bridgehead atoms. The molecule has 12 heavy (non-hydrogen) atoms. The van der Waals surface area contributed by atoms with Gasteiger partial charge in [-0.2, -0.15) is 5.10 Å². The minimum absolute atomic E-state index is 0.00681. The maximum Gasteiger partial charge on any atom is 0.0540 e. The fourth-order valence-electron chi connectivity index (χ4n) is 1.56. The molecule has 0 amide bonds. The smallest absolute Gasteiger partial charge is 0.0540 e. The normalized spacial score (nSPS) is 25.8. The Balaban J connectivity index is 1.91. The van der Waals surface area contributed by atoms with Gasteiger partial charge in [0.15, 0.2) is 0 Å². The average Bonchev–Trinajstić information content (AvgIpc) is 2.97.